The second-order valence-electron chi connectivity index (χ2n) is 5.66. The maximum atomic E-state index is 4.55. The largest absolute Gasteiger partial charge is 0.372 e. The van der Waals surface area contributed by atoms with Gasteiger partial charge >= 0.3 is 0 Å². The van der Waals surface area contributed by atoms with Crippen LogP contribution < -0.4 is 4.90 Å². The van der Waals surface area contributed by atoms with Crippen LogP contribution >= 0.6 is 0 Å². The van der Waals surface area contributed by atoms with Gasteiger partial charge in [0, 0.05) is 35.9 Å². The Balaban J connectivity index is 1.67. The van der Waals surface area contributed by atoms with E-state index in [2.05, 4.69) is 58.4 Å². The fourth-order valence-electron chi connectivity index (χ4n) is 3.07. The van der Waals surface area contributed by atoms with Crippen molar-refractivity contribution >= 4 is 16.6 Å². The molecule has 1 aliphatic heterocycles. The van der Waals surface area contributed by atoms with E-state index in [-0.39, 0.29) is 0 Å². The summed E-state index contributed by atoms with van der Waals surface area (Å²) in [6.45, 7) is 2.38. The molecular weight excluding hydrogens is 256 g/mol. The SMILES string of the molecule is c1ccc2ncc(-c3ccc(N4CCCC4)cc3)cc2c1. The third kappa shape index (κ3) is 2.38. The van der Waals surface area contributed by atoms with Crippen LogP contribution in [0.2, 0.25) is 0 Å². The first kappa shape index (κ1) is 12.4. The lowest BCUT2D eigenvalue weighted by molar-refractivity contribution is 0.949. The van der Waals surface area contributed by atoms with Crippen LogP contribution in [0.4, 0.5) is 5.69 Å². The zero-order chi connectivity index (χ0) is 14.1. The van der Waals surface area contributed by atoms with Crippen molar-refractivity contribution in [2.24, 2.45) is 0 Å². The topological polar surface area (TPSA) is 16.1 Å². The van der Waals surface area contributed by atoms with Gasteiger partial charge in [-0.05, 0) is 42.7 Å². The summed E-state index contributed by atoms with van der Waals surface area (Å²) in [6, 6.07) is 19.3. The quantitative estimate of drug-likeness (QED) is 0.684. The molecule has 1 saturated heterocycles. The summed E-state index contributed by atoms with van der Waals surface area (Å²) in [5, 5.41) is 1.19. The molecule has 0 atom stereocenters. The molecule has 1 aliphatic rings. The number of para-hydroxylation sites is 1. The highest BCUT2D eigenvalue weighted by molar-refractivity contribution is 5.83. The molecular formula is C19H18N2. The minimum Gasteiger partial charge on any atom is -0.372 e. The predicted molar refractivity (Wildman–Crippen MR) is 88.6 cm³/mol. The van der Waals surface area contributed by atoms with Gasteiger partial charge in [0.25, 0.3) is 0 Å². The molecule has 0 bridgehead atoms. The Morgan fingerprint density at radius 3 is 2.38 bits per heavy atom. The molecule has 0 unspecified atom stereocenters. The van der Waals surface area contributed by atoms with Crippen LogP contribution in [0.3, 0.4) is 0 Å². The molecule has 0 saturated carbocycles. The first-order valence-electron chi connectivity index (χ1n) is 7.60. The monoisotopic (exact) mass is 274 g/mol. The van der Waals surface area contributed by atoms with Crippen LogP contribution in [-0.2, 0) is 0 Å². The summed E-state index contributed by atoms with van der Waals surface area (Å²) in [6.07, 6.45) is 4.60. The van der Waals surface area contributed by atoms with Gasteiger partial charge in [0.05, 0.1) is 5.52 Å². The molecule has 21 heavy (non-hydrogen) atoms. The van der Waals surface area contributed by atoms with Gasteiger partial charge in [0.15, 0.2) is 0 Å². The van der Waals surface area contributed by atoms with Crippen LogP contribution in [0.15, 0.2) is 60.8 Å². The fourth-order valence-corrected chi connectivity index (χ4v) is 3.07. The van der Waals surface area contributed by atoms with Crippen molar-refractivity contribution in [1.29, 1.82) is 0 Å². The lowest BCUT2D eigenvalue weighted by atomic mass is 10.0. The van der Waals surface area contributed by atoms with Gasteiger partial charge < -0.3 is 4.90 Å². The number of nitrogens with zero attached hydrogens (tertiary/aromatic N) is 2. The summed E-state index contributed by atoms with van der Waals surface area (Å²) >= 11 is 0. The lowest BCUT2D eigenvalue weighted by Gasteiger charge is -2.17. The van der Waals surface area contributed by atoms with Crippen molar-refractivity contribution in [3.8, 4) is 11.1 Å². The van der Waals surface area contributed by atoms with Crippen LogP contribution in [-0.4, -0.2) is 18.1 Å². The fraction of sp³-hybridized carbons (Fsp3) is 0.211. The molecule has 1 fully saturated rings. The highest BCUT2D eigenvalue weighted by atomic mass is 15.1. The zero-order valence-corrected chi connectivity index (χ0v) is 12.0. The molecule has 0 spiro atoms. The molecule has 2 nitrogen and oxygen atoms in total. The van der Waals surface area contributed by atoms with E-state index in [9.17, 15) is 0 Å². The van der Waals surface area contributed by atoms with E-state index in [0.29, 0.717) is 0 Å². The van der Waals surface area contributed by atoms with Gasteiger partial charge in [0.2, 0.25) is 0 Å². The number of benzene rings is 2. The van der Waals surface area contributed by atoms with E-state index in [0.717, 1.165) is 5.52 Å². The molecule has 3 aromatic rings. The highest BCUT2D eigenvalue weighted by Gasteiger charge is 2.12. The van der Waals surface area contributed by atoms with E-state index in [1.807, 2.05) is 12.3 Å². The van der Waals surface area contributed by atoms with Gasteiger partial charge in [-0.25, -0.2) is 0 Å². The van der Waals surface area contributed by atoms with Crippen LogP contribution in [0, 0.1) is 0 Å². The number of aromatic nitrogens is 1. The Bertz CT molecular complexity index is 756. The van der Waals surface area contributed by atoms with Crippen molar-refractivity contribution in [3.63, 3.8) is 0 Å². The van der Waals surface area contributed by atoms with Crippen molar-refractivity contribution < 1.29 is 0 Å². The van der Waals surface area contributed by atoms with E-state index in [4.69, 9.17) is 0 Å². The Hall–Kier alpha value is -2.35. The van der Waals surface area contributed by atoms with Crippen molar-refractivity contribution in [1.82, 2.24) is 4.98 Å². The van der Waals surface area contributed by atoms with Gasteiger partial charge in [-0.15, -0.1) is 0 Å². The Labute approximate surface area is 125 Å². The minimum atomic E-state index is 1.05. The minimum absolute atomic E-state index is 1.05. The average molecular weight is 274 g/mol. The molecule has 104 valence electrons. The predicted octanol–water partition coefficient (Wildman–Crippen LogP) is 4.50. The Morgan fingerprint density at radius 1 is 0.810 bits per heavy atom. The molecule has 0 N–H and O–H groups in total. The van der Waals surface area contributed by atoms with Gasteiger partial charge in [-0.1, -0.05) is 30.3 Å². The molecule has 0 radical (unpaired) electrons. The molecule has 1 aromatic heterocycles. The second kappa shape index (κ2) is 5.21. The second-order valence-corrected chi connectivity index (χ2v) is 5.66. The van der Waals surface area contributed by atoms with Gasteiger partial charge in [0.1, 0.15) is 0 Å². The molecule has 2 heterocycles. The number of hydrogen-bond donors (Lipinski definition) is 0. The normalized spacial score (nSPS) is 14.8. The van der Waals surface area contributed by atoms with Crippen LogP contribution in [0.25, 0.3) is 22.0 Å². The van der Waals surface area contributed by atoms with Crippen molar-refractivity contribution in [2.45, 2.75) is 12.8 Å². The van der Waals surface area contributed by atoms with Gasteiger partial charge in [-0.2, -0.15) is 0 Å². The number of pyridine rings is 1. The average Bonchev–Trinajstić information content (AvgIpc) is 3.09. The number of fused-ring (bicyclic) bond motifs is 1. The standard InChI is InChI=1S/C19H18N2/c1-2-6-19-16(5-1)13-17(14-20-19)15-7-9-18(10-8-15)21-11-3-4-12-21/h1-2,5-10,13-14H,3-4,11-12H2. The molecule has 0 amide bonds. The van der Waals surface area contributed by atoms with Crippen LogP contribution in [0.1, 0.15) is 12.8 Å². The van der Waals surface area contributed by atoms with Crippen molar-refractivity contribution in [3.05, 3.63) is 60.8 Å². The third-order valence-electron chi connectivity index (χ3n) is 4.26. The summed E-state index contributed by atoms with van der Waals surface area (Å²) < 4.78 is 0. The molecule has 2 aromatic carbocycles. The highest BCUT2D eigenvalue weighted by Crippen LogP contribution is 2.26. The smallest absolute Gasteiger partial charge is 0.0702 e. The van der Waals surface area contributed by atoms with E-state index in [1.165, 1.54) is 48.1 Å². The van der Waals surface area contributed by atoms with E-state index in [1.54, 1.807) is 0 Å². The zero-order valence-electron chi connectivity index (χ0n) is 12.0. The van der Waals surface area contributed by atoms with Crippen molar-refractivity contribution in [2.75, 3.05) is 18.0 Å². The first-order valence-corrected chi connectivity index (χ1v) is 7.60. The summed E-state index contributed by atoms with van der Waals surface area (Å²) in [4.78, 5) is 7.01. The Kier molecular flexibility index (Phi) is 3.07. The first-order chi connectivity index (χ1) is 10.4. The lowest BCUT2D eigenvalue weighted by Crippen LogP contribution is -2.17. The van der Waals surface area contributed by atoms with Gasteiger partial charge in [-0.3, -0.25) is 4.98 Å². The summed E-state index contributed by atoms with van der Waals surface area (Å²) in [7, 11) is 0. The van der Waals surface area contributed by atoms with E-state index >= 15 is 0 Å². The summed E-state index contributed by atoms with van der Waals surface area (Å²) in [5.74, 6) is 0. The molecule has 0 aliphatic carbocycles. The number of anilines is 1. The molecule has 4 rings (SSSR count). The summed E-state index contributed by atoms with van der Waals surface area (Å²) in [5.41, 5.74) is 4.80. The van der Waals surface area contributed by atoms with Crippen LogP contribution in [0.5, 0.6) is 0 Å². The number of hydrogen-bond acceptors (Lipinski definition) is 2. The Morgan fingerprint density at radius 2 is 1.57 bits per heavy atom. The third-order valence-corrected chi connectivity index (χ3v) is 4.26. The maximum absolute atomic E-state index is 4.55. The van der Waals surface area contributed by atoms with E-state index < -0.39 is 0 Å². The number of rotatable bonds is 2. The molecule has 2 heteroatoms. The maximum Gasteiger partial charge on any atom is 0.0702 e.